The number of nitrogens with one attached hydrogen (secondary N) is 1. The zero-order valence-corrected chi connectivity index (χ0v) is 18.5. The molecule has 0 aliphatic carbocycles. The SMILES string of the molecule is O=C(COC(=O)C1CCN(C(=O)c2ccc(F)cc2F)CC1)c1c[nH]c(C(=O)N2CCCC2)c1. The summed E-state index contributed by atoms with van der Waals surface area (Å²) < 4.78 is 32.1. The Balaban J connectivity index is 1.24. The normalized spacial score (nSPS) is 16.5. The van der Waals surface area contributed by atoms with E-state index in [1.165, 1.54) is 17.2 Å². The zero-order valence-electron chi connectivity index (χ0n) is 18.5. The van der Waals surface area contributed by atoms with Gasteiger partial charge in [0.2, 0.25) is 5.78 Å². The first-order valence-electron chi connectivity index (χ1n) is 11.3. The van der Waals surface area contributed by atoms with Crippen molar-refractivity contribution in [3.8, 4) is 0 Å². The van der Waals surface area contributed by atoms with E-state index < -0.39 is 41.8 Å². The maximum atomic E-state index is 13.9. The van der Waals surface area contributed by atoms with Crippen molar-refractivity contribution in [1.82, 2.24) is 14.8 Å². The van der Waals surface area contributed by atoms with Gasteiger partial charge in [0.25, 0.3) is 11.8 Å². The van der Waals surface area contributed by atoms with E-state index in [0.717, 1.165) is 25.0 Å². The molecule has 0 atom stereocenters. The summed E-state index contributed by atoms with van der Waals surface area (Å²) in [4.78, 5) is 55.6. The van der Waals surface area contributed by atoms with Crippen molar-refractivity contribution in [3.05, 3.63) is 58.9 Å². The van der Waals surface area contributed by atoms with Crippen LogP contribution in [-0.2, 0) is 9.53 Å². The molecule has 2 saturated heterocycles. The highest BCUT2D eigenvalue weighted by molar-refractivity contribution is 6.01. The predicted molar refractivity (Wildman–Crippen MR) is 116 cm³/mol. The van der Waals surface area contributed by atoms with E-state index in [-0.39, 0.29) is 30.1 Å². The maximum absolute atomic E-state index is 13.9. The molecule has 0 radical (unpaired) electrons. The van der Waals surface area contributed by atoms with Gasteiger partial charge in [0.1, 0.15) is 17.3 Å². The van der Waals surface area contributed by atoms with Crippen LogP contribution in [0, 0.1) is 17.6 Å². The van der Waals surface area contributed by atoms with Crippen LogP contribution in [0.1, 0.15) is 56.9 Å². The average molecular weight is 473 g/mol. The van der Waals surface area contributed by atoms with Crippen LogP contribution >= 0.6 is 0 Å². The molecule has 2 aromatic rings. The number of H-pyrrole nitrogens is 1. The number of rotatable bonds is 6. The monoisotopic (exact) mass is 473 g/mol. The molecule has 2 aliphatic heterocycles. The molecule has 2 amide bonds. The largest absolute Gasteiger partial charge is 0.457 e. The Labute approximate surface area is 194 Å². The van der Waals surface area contributed by atoms with Crippen LogP contribution in [0.25, 0.3) is 0 Å². The maximum Gasteiger partial charge on any atom is 0.309 e. The van der Waals surface area contributed by atoms with Gasteiger partial charge in [0, 0.05) is 44.0 Å². The Bertz CT molecular complexity index is 1100. The Morgan fingerprint density at radius 2 is 1.62 bits per heavy atom. The molecule has 4 rings (SSSR count). The van der Waals surface area contributed by atoms with Gasteiger partial charge in [-0.3, -0.25) is 19.2 Å². The number of Topliss-reactive ketones (excluding diaryl/α,β-unsaturated/α-hetero) is 1. The molecule has 2 fully saturated rings. The minimum Gasteiger partial charge on any atom is -0.457 e. The van der Waals surface area contributed by atoms with Crippen LogP contribution in [-0.4, -0.2) is 71.1 Å². The first-order chi connectivity index (χ1) is 16.3. The van der Waals surface area contributed by atoms with Gasteiger partial charge in [-0.25, -0.2) is 8.78 Å². The fourth-order valence-corrected chi connectivity index (χ4v) is 4.26. The number of hydrogen-bond donors (Lipinski definition) is 1. The molecule has 1 aromatic carbocycles. The molecule has 10 heteroatoms. The van der Waals surface area contributed by atoms with E-state index in [1.54, 1.807) is 4.90 Å². The van der Waals surface area contributed by atoms with E-state index >= 15 is 0 Å². The molecule has 180 valence electrons. The van der Waals surface area contributed by atoms with Crippen LogP contribution < -0.4 is 0 Å². The fourth-order valence-electron chi connectivity index (χ4n) is 4.26. The van der Waals surface area contributed by atoms with Crippen molar-refractivity contribution in [1.29, 1.82) is 0 Å². The van der Waals surface area contributed by atoms with Crippen molar-refractivity contribution in [3.63, 3.8) is 0 Å². The van der Waals surface area contributed by atoms with E-state index in [9.17, 15) is 28.0 Å². The topological polar surface area (TPSA) is 99.8 Å². The number of hydrogen-bond acceptors (Lipinski definition) is 5. The molecule has 0 spiro atoms. The second kappa shape index (κ2) is 10.1. The number of nitrogens with zero attached hydrogens (tertiary/aromatic N) is 2. The lowest BCUT2D eigenvalue weighted by Gasteiger charge is -2.31. The molecule has 34 heavy (non-hydrogen) atoms. The van der Waals surface area contributed by atoms with Crippen molar-refractivity contribution >= 4 is 23.6 Å². The van der Waals surface area contributed by atoms with Crippen molar-refractivity contribution < 1.29 is 32.7 Å². The molecule has 0 unspecified atom stereocenters. The Morgan fingerprint density at radius 3 is 2.29 bits per heavy atom. The number of benzene rings is 1. The van der Waals surface area contributed by atoms with E-state index in [1.807, 2.05) is 0 Å². The standard InChI is InChI=1S/C24H25F2N3O5/c25-17-3-4-18(19(26)12-17)22(31)29-9-5-15(6-10-29)24(33)34-14-21(30)16-11-20(27-13-16)23(32)28-7-1-2-8-28/h3-4,11-13,15,27H,1-2,5-10,14H2. The third kappa shape index (κ3) is 5.16. The Morgan fingerprint density at radius 1 is 0.941 bits per heavy atom. The molecule has 1 N–H and O–H groups in total. The first kappa shape index (κ1) is 23.6. The molecule has 0 bridgehead atoms. The number of amides is 2. The zero-order chi connectivity index (χ0) is 24.2. The molecule has 0 saturated carbocycles. The second-order valence-corrected chi connectivity index (χ2v) is 8.52. The minimum absolute atomic E-state index is 0.157. The molecule has 8 nitrogen and oxygen atoms in total. The summed E-state index contributed by atoms with van der Waals surface area (Å²) in [6.07, 6.45) is 3.97. The number of halogens is 2. The van der Waals surface area contributed by atoms with Gasteiger partial charge in [0.05, 0.1) is 11.5 Å². The highest BCUT2D eigenvalue weighted by Crippen LogP contribution is 2.22. The van der Waals surface area contributed by atoms with Gasteiger partial charge in [-0.1, -0.05) is 0 Å². The van der Waals surface area contributed by atoms with Gasteiger partial charge in [0.15, 0.2) is 6.61 Å². The number of carbonyl (C=O) groups is 4. The van der Waals surface area contributed by atoms with Crippen LogP contribution in [0.2, 0.25) is 0 Å². The Kier molecular flexibility index (Phi) is 7.04. The number of esters is 1. The third-order valence-electron chi connectivity index (χ3n) is 6.25. The lowest BCUT2D eigenvalue weighted by atomic mass is 9.96. The highest BCUT2D eigenvalue weighted by atomic mass is 19.1. The second-order valence-electron chi connectivity index (χ2n) is 8.52. The van der Waals surface area contributed by atoms with Gasteiger partial charge in [-0.2, -0.15) is 0 Å². The van der Waals surface area contributed by atoms with Crippen LogP contribution in [0.15, 0.2) is 30.5 Å². The van der Waals surface area contributed by atoms with E-state index in [4.69, 9.17) is 4.74 Å². The lowest BCUT2D eigenvalue weighted by Crippen LogP contribution is -2.41. The number of likely N-dealkylation sites (tertiary alicyclic amines) is 2. The third-order valence-corrected chi connectivity index (χ3v) is 6.25. The summed E-state index contributed by atoms with van der Waals surface area (Å²) in [6.45, 7) is 1.37. The summed E-state index contributed by atoms with van der Waals surface area (Å²) >= 11 is 0. The molecular weight excluding hydrogens is 448 g/mol. The fraction of sp³-hybridized carbons (Fsp3) is 0.417. The number of carbonyl (C=O) groups excluding carboxylic acids is 4. The smallest absolute Gasteiger partial charge is 0.309 e. The van der Waals surface area contributed by atoms with Crippen molar-refractivity contribution in [2.24, 2.45) is 5.92 Å². The van der Waals surface area contributed by atoms with E-state index in [2.05, 4.69) is 4.98 Å². The molecule has 3 heterocycles. The lowest BCUT2D eigenvalue weighted by molar-refractivity contribution is -0.148. The predicted octanol–water partition coefficient (Wildman–Crippen LogP) is 2.81. The van der Waals surface area contributed by atoms with Gasteiger partial charge in [-0.05, 0) is 43.9 Å². The van der Waals surface area contributed by atoms with Crippen molar-refractivity contribution in [2.75, 3.05) is 32.8 Å². The quantitative estimate of drug-likeness (QED) is 0.514. The number of piperidine rings is 1. The number of ether oxygens (including phenoxy) is 1. The summed E-state index contributed by atoms with van der Waals surface area (Å²) in [7, 11) is 0. The number of aromatic amines is 1. The van der Waals surface area contributed by atoms with E-state index in [0.29, 0.717) is 37.7 Å². The first-order valence-corrected chi connectivity index (χ1v) is 11.3. The van der Waals surface area contributed by atoms with Gasteiger partial charge in [-0.15, -0.1) is 0 Å². The molecule has 1 aromatic heterocycles. The Hall–Kier alpha value is -3.56. The average Bonchev–Trinajstić information content (AvgIpc) is 3.54. The van der Waals surface area contributed by atoms with Crippen LogP contribution in [0.4, 0.5) is 8.78 Å². The summed E-state index contributed by atoms with van der Waals surface area (Å²) in [6, 6.07) is 4.25. The molecular formula is C24H25F2N3O5. The highest BCUT2D eigenvalue weighted by Gasteiger charge is 2.30. The van der Waals surface area contributed by atoms with Gasteiger partial charge >= 0.3 is 5.97 Å². The van der Waals surface area contributed by atoms with Gasteiger partial charge < -0.3 is 19.5 Å². The van der Waals surface area contributed by atoms with Crippen LogP contribution in [0.3, 0.4) is 0 Å². The number of aromatic nitrogens is 1. The minimum atomic E-state index is -0.930. The molecule has 2 aliphatic rings. The summed E-state index contributed by atoms with van der Waals surface area (Å²) in [5, 5.41) is 0. The van der Waals surface area contributed by atoms with Crippen molar-refractivity contribution in [2.45, 2.75) is 25.7 Å². The van der Waals surface area contributed by atoms with Crippen LogP contribution in [0.5, 0.6) is 0 Å². The number of ketones is 1. The summed E-state index contributed by atoms with van der Waals surface area (Å²) in [5.41, 5.74) is 0.366. The summed E-state index contributed by atoms with van der Waals surface area (Å²) in [5.74, 6) is -3.88.